The Balaban J connectivity index is 2.32. The Morgan fingerprint density at radius 3 is 2.62 bits per heavy atom. The molecule has 0 saturated carbocycles. The van der Waals surface area contributed by atoms with E-state index in [0.29, 0.717) is 17.0 Å². The van der Waals surface area contributed by atoms with Crippen LogP contribution in [0.4, 0.5) is 4.39 Å². The minimum atomic E-state index is -0.204. The maximum atomic E-state index is 14.2. The van der Waals surface area contributed by atoms with E-state index in [1.54, 1.807) is 6.07 Å². The van der Waals surface area contributed by atoms with Gasteiger partial charge < -0.3 is 5.32 Å². The molecule has 0 aromatic heterocycles. The highest BCUT2D eigenvalue weighted by Gasteiger charge is 2.19. The minimum absolute atomic E-state index is 0.111. The summed E-state index contributed by atoms with van der Waals surface area (Å²) in [6.07, 6.45) is 1.64. The molecule has 2 aromatic rings. The van der Waals surface area contributed by atoms with Crippen molar-refractivity contribution in [2.24, 2.45) is 0 Å². The first-order valence-electron chi connectivity index (χ1n) is 7.04. The van der Waals surface area contributed by atoms with Gasteiger partial charge in [0.15, 0.2) is 0 Å². The minimum Gasteiger partial charge on any atom is -0.310 e. The maximum Gasteiger partial charge on any atom is 0.129 e. The van der Waals surface area contributed by atoms with Gasteiger partial charge in [-0.05, 0) is 43.1 Å². The van der Waals surface area contributed by atoms with Crippen LogP contribution in [0.2, 0.25) is 5.02 Å². The molecule has 0 bridgehead atoms. The highest BCUT2D eigenvalue weighted by molar-refractivity contribution is 9.10. The maximum absolute atomic E-state index is 14.2. The van der Waals surface area contributed by atoms with Crippen LogP contribution in [0.3, 0.4) is 0 Å². The zero-order valence-corrected chi connectivity index (χ0v) is 14.2. The summed E-state index contributed by atoms with van der Waals surface area (Å²) in [4.78, 5) is 0. The number of hydrogen-bond donors (Lipinski definition) is 1. The molecule has 21 heavy (non-hydrogen) atoms. The van der Waals surface area contributed by atoms with Crippen molar-refractivity contribution in [2.75, 3.05) is 6.54 Å². The van der Waals surface area contributed by atoms with Crippen molar-refractivity contribution in [3.8, 4) is 0 Å². The lowest BCUT2D eigenvalue weighted by molar-refractivity contribution is 0.495. The summed E-state index contributed by atoms with van der Waals surface area (Å²) < 4.78 is 15.0. The number of benzene rings is 2. The quantitative estimate of drug-likeness (QED) is 0.705. The second-order valence-corrected chi connectivity index (χ2v) is 6.20. The van der Waals surface area contributed by atoms with Crippen molar-refractivity contribution < 1.29 is 4.39 Å². The van der Waals surface area contributed by atoms with Crippen molar-refractivity contribution in [2.45, 2.75) is 25.8 Å². The van der Waals surface area contributed by atoms with Crippen LogP contribution in [0, 0.1) is 5.82 Å². The van der Waals surface area contributed by atoms with Crippen LogP contribution < -0.4 is 5.32 Å². The van der Waals surface area contributed by atoms with Crippen molar-refractivity contribution in [1.82, 2.24) is 5.32 Å². The number of nitrogens with one attached hydrogen (secondary N) is 1. The molecule has 1 N–H and O–H groups in total. The first-order chi connectivity index (χ1) is 10.1. The zero-order valence-electron chi connectivity index (χ0n) is 11.9. The van der Waals surface area contributed by atoms with Crippen molar-refractivity contribution in [3.63, 3.8) is 0 Å². The van der Waals surface area contributed by atoms with Crippen molar-refractivity contribution in [1.29, 1.82) is 0 Å². The van der Waals surface area contributed by atoms with E-state index in [4.69, 9.17) is 11.6 Å². The van der Waals surface area contributed by atoms with Crippen LogP contribution in [-0.2, 0) is 6.42 Å². The predicted molar refractivity (Wildman–Crippen MR) is 90.3 cm³/mol. The Hall–Kier alpha value is -0.900. The second kappa shape index (κ2) is 7.92. The first kappa shape index (κ1) is 16.5. The van der Waals surface area contributed by atoms with Crippen LogP contribution in [0.5, 0.6) is 0 Å². The van der Waals surface area contributed by atoms with E-state index >= 15 is 0 Å². The van der Waals surface area contributed by atoms with E-state index in [1.165, 1.54) is 6.07 Å². The van der Waals surface area contributed by atoms with Gasteiger partial charge in [0.25, 0.3) is 0 Å². The largest absolute Gasteiger partial charge is 0.310 e. The first-order valence-corrected chi connectivity index (χ1v) is 8.21. The Morgan fingerprint density at radius 1 is 1.19 bits per heavy atom. The van der Waals surface area contributed by atoms with Gasteiger partial charge in [-0.1, -0.05) is 58.7 Å². The molecule has 0 radical (unpaired) electrons. The molecule has 0 spiro atoms. The predicted octanol–water partition coefficient (Wildman–Crippen LogP) is 5.53. The van der Waals surface area contributed by atoms with Gasteiger partial charge in [-0.2, -0.15) is 0 Å². The second-order valence-electron chi connectivity index (χ2n) is 4.94. The van der Waals surface area contributed by atoms with Crippen LogP contribution in [0.25, 0.3) is 0 Å². The fourth-order valence-corrected chi connectivity index (χ4v) is 3.15. The standard InChI is InChI=1S/C17H18BrClFN/c1-2-10-21-16(11-12-6-3-4-8-14(12)19)17-13(18)7-5-9-15(17)20/h3-9,16,21H,2,10-11H2,1H3. The lowest BCUT2D eigenvalue weighted by Crippen LogP contribution is -2.25. The summed E-state index contributed by atoms with van der Waals surface area (Å²) in [7, 11) is 0. The molecule has 1 atom stereocenters. The monoisotopic (exact) mass is 369 g/mol. The summed E-state index contributed by atoms with van der Waals surface area (Å²) in [5.41, 5.74) is 1.67. The van der Waals surface area contributed by atoms with Gasteiger partial charge in [0.1, 0.15) is 5.82 Å². The van der Waals surface area contributed by atoms with Gasteiger partial charge in [-0.15, -0.1) is 0 Å². The summed E-state index contributed by atoms with van der Waals surface area (Å²) in [6.45, 7) is 2.92. The fraction of sp³-hybridized carbons (Fsp3) is 0.294. The number of rotatable bonds is 6. The highest BCUT2D eigenvalue weighted by Crippen LogP contribution is 2.30. The van der Waals surface area contributed by atoms with Gasteiger partial charge in [0.05, 0.1) is 0 Å². The molecule has 0 aliphatic carbocycles. The fourth-order valence-electron chi connectivity index (χ4n) is 2.32. The van der Waals surface area contributed by atoms with E-state index in [9.17, 15) is 4.39 Å². The molecular weight excluding hydrogens is 353 g/mol. The zero-order chi connectivity index (χ0) is 15.2. The van der Waals surface area contributed by atoms with E-state index in [0.717, 1.165) is 23.0 Å². The Labute approximate surface area is 138 Å². The van der Waals surface area contributed by atoms with Crippen LogP contribution in [0.15, 0.2) is 46.9 Å². The van der Waals surface area contributed by atoms with Crippen molar-refractivity contribution >= 4 is 27.5 Å². The average molecular weight is 371 g/mol. The Morgan fingerprint density at radius 2 is 1.95 bits per heavy atom. The van der Waals surface area contributed by atoms with Gasteiger partial charge in [-0.3, -0.25) is 0 Å². The molecule has 2 rings (SSSR count). The normalized spacial score (nSPS) is 12.4. The molecule has 0 aliphatic rings. The summed E-state index contributed by atoms with van der Waals surface area (Å²) >= 11 is 9.69. The van der Waals surface area contributed by atoms with E-state index in [1.807, 2.05) is 30.3 Å². The molecule has 0 aliphatic heterocycles. The molecule has 0 saturated heterocycles. The summed E-state index contributed by atoms with van der Waals surface area (Å²) in [6, 6.07) is 12.7. The molecule has 4 heteroatoms. The van der Waals surface area contributed by atoms with E-state index < -0.39 is 0 Å². The van der Waals surface area contributed by atoms with Crippen LogP contribution in [-0.4, -0.2) is 6.54 Å². The SMILES string of the molecule is CCCNC(Cc1ccccc1Cl)c1c(F)cccc1Br. The Bertz CT molecular complexity index is 583. The topological polar surface area (TPSA) is 12.0 Å². The molecule has 2 aromatic carbocycles. The van der Waals surface area contributed by atoms with Crippen molar-refractivity contribution in [3.05, 3.63) is 68.9 Å². The average Bonchev–Trinajstić information content (AvgIpc) is 2.46. The van der Waals surface area contributed by atoms with E-state index in [-0.39, 0.29) is 11.9 Å². The lowest BCUT2D eigenvalue weighted by atomic mass is 9.98. The molecular formula is C17H18BrClFN. The van der Waals surface area contributed by atoms with Gasteiger partial charge in [0.2, 0.25) is 0 Å². The third-order valence-electron chi connectivity index (χ3n) is 3.37. The smallest absolute Gasteiger partial charge is 0.129 e. The van der Waals surface area contributed by atoms with Crippen LogP contribution >= 0.6 is 27.5 Å². The van der Waals surface area contributed by atoms with E-state index in [2.05, 4.69) is 28.2 Å². The Kier molecular flexibility index (Phi) is 6.22. The third-order valence-corrected chi connectivity index (χ3v) is 4.43. The van der Waals surface area contributed by atoms with Crippen LogP contribution in [0.1, 0.15) is 30.5 Å². The number of hydrogen-bond acceptors (Lipinski definition) is 1. The molecule has 0 fully saturated rings. The molecule has 0 heterocycles. The summed E-state index contributed by atoms with van der Waals surface area (Å²) in [5.74, 6) is -0.204. The summed E-state index contributed by atoms with van der Waals surface area (Å²) in [5, 5.41) is 4.13. The lowest BCUT2D eigenvalue weighted by Gasteiger charge is -2.21. The molecule has 0 amide bonds. The number of halogens is 3. The molecule has 1 nitrogen and oxygen atoms in total. The van der Waals surface area contributed by atoms with Gasteiger partial charge in [-0.25, -0.2) is 4.39 Å². The van der Waals surface area contributed by atoms with Gasteiger partial charge >= 0.3 is 0 Å². The molecule has 112 valence electrons. The highest BCUT2D eigenvalue weighted by atomic mass is 79.9. The third kappa shape index (κ3) is 4.29. The molecule has 1 unspecified atom stereocenters. The van der Waals surface area contributed by atoms with Gasteiger partial charge in [0, 0.05) is 21.1 Å².